The van der Waals surface area contributed by atoms with E-state index in [0.29, 0.717) is 6.04 Å². The van der Waals surface area contributed by atoms with E-state index in [2.05, 4.69) is 42.6 Å². The van der Waals surface area contributed by atoms with Crippen LogP contribution in [0.15, 0.2) is 36.4 Å². The minimum Gasteiger partial charge on any atom is -0.316 e. The molecule has 1 N–H and O–H groups in total. The molecule has 1 atom stereocenters. The third-order valence-electron chi connectivity index (χ3n) is 3.19. The summed E-state index contributed by atoms with van der Waals surface area (Å²) in [5.41, 5.74) is 2.27. The van der Waals surface area contributed by atoms with Crippen LogP contribution in [-0.4, -0.2) is 29.6 Å². The molecule has 0 spiro atoms. The summed E-state index contributed by atoms with van der Waals surface area (Å²) in [7, 11) is 2.04. The Hall–Kier alpha value is -1.06. The molecule has 3 heteroatoms. The largest absolute Gasteiger partial charge is 0.316 e. The number of nitrogens with zero attached hydrogens (tertiary/aromatic N) is 1. The smallest absolute Gasteiger partial charge is 0.0705 e. The van der Waals surface area contributed by atoms with Crippen molar-refractivity contribution in [1.29, 1.82) is 0 Å². The maximum Gasteiger partial charge on any atom is 0.0705 e. The fourth-order valence-corrected chi connectivity index (χ4v) is 3.11. The summed E-state index contributed by atoms with van der Waals surface area (Å²) in [6.45, 7) is 2.23. The summed E-state index contributed by atoms with van der Waals surface area (Å²) in [4.78, 5) is 4.74. The lowest BCUT2D eigenvalue weighted by atomic mass is 10.1. The molecule has 0 aliphatic rings. The molecule has 0 bridgehead atoms. The monoisotopic (exact) mass is 274 g/mol. The fourth-order valence-electron chi connectivity index (χ4n) is 2.09. The summed E-state index contributed by atoms with van der Waals surface area (Å²) in [5, 5.41) is 4.61. The Labute approximate surface area is 120 Å². The number of thioether (sulfide) groups is 1. The van der Waals surface area contributed by atoms with Gasteiger partial charge in [-0.1, -0.05) is 31.2 Å². The standard InChI is InChI=1S/C16H22N2S/c1-3-10-19-12-15(17-2)11-14-9-8-13-6-4-5-7-16(13)18-14/h4-9,15,17H,3,10-12H2,1-2H3. The predicted octanol–water partition coefficient (Wildman–Crippen LogP) is 3.51. The summed E-state index contributed by atoms with van der Waals surface area (Å²) >= 11 is 2.02. The molecule has 19 heavy (non-hydrogen) atoms. The van der Waals surface area contributed by atoms with Crippen LogP contribution < -0.4 is 5.32 Å². The van der Waals surface area contributed by atoms with E-state index in [1.807, 2.05) is 24.9 Å². The summed E-state index contributed by atoms with van der Waals surface area (Å²) in [5.74, 6) is 2.39. The van der Waals surface area contributed by atoms with Crippen LogP contribution in [0.3, 0.4) is 0 Å². The van der Waals surface area contributed by atoms with Crippen molar-refractivity contribution in [2.45, 2.75) is 25.8 Å². The Kier molecular flexibility index (Phi) is 5.67. The summed E-state index contributed by atoms with van der Waals surface area (Å²) in [6.07, 6.45) is 2.24. The van der Waals surface area contributed by atoms with Gasteiger partial charge in [-0.3, -0.25) is 4.98 Å². The number of hydrogen-bond donors (Lipinski definition) is 1. The van der Waals surface area contributed by atoms with E-state index >= 15 is 0 Å². The zero-order chi connectivity index (χ0) is 13.5. The second-order valence-electron chi connectivity index (χ2n) is 4.76. The van der Waals surface area contributed by atoms with Crippen molar-refractivity contribution in [2.24, 2.45) is 0 Å². The molecule has 1 aromatic heterocycles. The number of hydrogen-bond acceptors (Lipinski definition) is 3. The minimum absolute atomic E-state index is 0.505. The Morgan fingerprint density at radius 1 is 1.21 bits per heavy atom. The van der Waals surface area contributed by atoms with Gasteiger partial charge in [0.15, 0.2) is 0 Å². The molecule has 102 valence electrons. The molecule has 0 fully saturated rings. The number of pyridine rings is 1. The average Bonchev–Trinajstić information content (AvgIpc) is 2.46. The Morgan fingerprint density at radius 3 is 2.84 bits per heavy atom. The molecule has 2 aromatic rings. The number of benzene rings is 1. The molecular formula is C16H22N2S. The van der Waals surface area contributed by atoms with Crippen molar-refractivity contribution in [3.05, 3.63) is 42.1 Å². The average molecular weight is 274 g/mol. The highest BCUT2D eigenvalue weighted by molar-refractivity contribution is 7.99. The first kappa shape index (κ1) is 14.4. The van der Waals surface area contributed by atoms with Gasteiger partial charge in [0.25, 0.3) is 0 Å². The lowest BCUT2D eigenvalue weighted by Gasteiger charge is -2.15. The van der Waals surface area contributed by atoms with E-state index in [1.54, 1.807) is 0 Å². The van der Waals surface area contributed by atoms with E-state index in [0.717, 1.165) is 17.7 Å². The molecule has 2 rings (SSSR count). The van der Waals surface area contributed by atoms with E-state index in [9.17, 15) is 0 Å². The van der Waals surface area contributed by atoms with Gasteiger partial charge in [0.1, 0.15) is 0 Å². The van der Waals surface area contributed by atoms with Crippen molar-refractivity contribution < 1.29 is 0 Å². The zero-order valence-electron chi connectivity index (χ0n) is 11.7. The Balaban J connectivity index is 2.02. The van der Waals surface area contributed by atoms with Gasteiger partial charge >= 0.3 is 0 Å². The van der Waals surface area contributed by atoms with Gasteiger partial charge in [0, 0.05) is 29.3 Å². The molecule has 2 nitrogen and oxygen atoms in total. The van der Waals surface area contributed by atoms with Gasteiger partial charge in [-0.25, -0.2) is 0 Å². The first-order valence-corrected chi connectivity index (χ1v) is 8.08. The third kappa shape index (κ3) is 4.22. The second kappa shape index (κ2) is 7.51. The summed E-state index contributed by atoms with van der Waals surface area (Å²) in [6, 6.07) is 13.1. The highest BCUT2D eigenvalue weighted by Crippen LogP contribution is 2.14. The van der Waals surface area contributed by atoms with Crippen LogP contribution >= 0.6 is 11.8 Å². The van der Waals surface area contributed by atoms with Crippen LogP contribution in [0.2, 0.25) is 0 Å². The zero-order valence-corrected chi connectivity index (χ0v) is 12.5. The number of likely N-dealkylation sites (N-methyl/N-ethyl adjacent to an activating group) is 1. The minimum atomic E-state index is 0.505. The second-order valence-corrected chi connectivity index (χ2v) is 5.91. The van der Waals surface area contributed by atoms with E-state index in [4.69, 9.17) is 4.98 Å². The molecule has 1 heterocycles. The maximum atomic E-state index is 4.74. The topological polar surface area (TPSA) is 24.9 Å². The van der Waals surface area contributed by atoms with Crippen LogP contribution in [0.25, 0.3) is 10.9 Å². The molecule has 1 aromatic carbocycles. The van der Waals surface area contributed by atoms with Crippen LogP contribution in [0.1, 0.15) is 19.0 Å². The molecule has 0 saturated carbocycles. The number of aromatic nitrogens is 1. The number of para-hydroxylation sites is 1. The Morgan fingerprint density at radius 2 is 2.05 bits per heavy atom. The Bertz CT molecular complexity index is 513. The van der Waals surface area contributed by atoms with Gasteiger partial charge in [-0.15, -0.1) is 0 Å². The molecule has 0 radical (unpaired) electrons. The lowest BCUT2D eigenvalue weighted by Crippen LogP contribution is -2.30. The maximum absolute atomic E-state index is 4.74. The van der Waals surface area contributed by atoms with Crippen molar-refractivity contribution in [3.63, 3.8) is 0 Å². The fraction of sp³-hybridized carbons (Fsp3) is 0.438. The third-order valence-corrected chi connectivity index (χ3v) is 4.52. The molecule has 0 saturated heterocycles. The van der Waals surface area contributed by atoms with E-state index in [-0.39, 0.29) is 0 Å². The number of nitrogens with one attached hydrogen (secondary N) is 1. The van der Waals surface area contributed by atoms with Gasteiger partial charge < -0.3 is 5.32 Å². The first-order valence-electron chi connectivity index (χ1n) is 6.93. The van der Waals surface area contributed by atoms with Crippen LogP contribution in [0.4, 0.5) is 0 Å². The SMILES string of the molecule is CCCSCC(Cc1ccc2ccccc2n1)NC. The normalized spacial score (nSPS) is 12.7. The van der Waals surface area contributed by atoms with Crippen molar-refractivity contribution in [2.75, 3.05) is 18.6 Å². The highest BCUT2D eigenvalue weighted by Gasteiger charge is 2.08. The van der Waals surface area contributed by atoms with Crippen molar-refractivity contribution in [3.8, 4) is 0 Å². The van der Waals surface area contributed by atoms with Crippen molar-refractivity contribution >= 4 is 22.7 Å². The quantitative estimate of drug-likeness (QED) is 0.782. The van der Waals surface area contributed by atoms with Crippen LogP contribution in [0.5, 0.6) is 0 Å². The molecule has 0 aliphatic heterocycles. The van der Waals surface area contributed by atoms with Gasteiger partial charge in [-0.2, -0.15) is 11.8 Å². The molecule has 0 aliphatic carbocycles. The van der Waals surface area contributed by atoms with E-state index < -0.39 is 0 Å². The van der Waals surface area contributed by atoms with Gasteiger partial charge in [0.05, 0.1) is 5.52 Å². The first-order chi connectivity index (χ1) is 9.33. The highest BCUT2D eigenvalue weighted by atomic mass is 32.2. The number of rotatable bonds is 7. The van der Waals surface area contributed by atoms with E-state index in [1.165, 1.54) is 23.3 Å². The number of fused-ring (bicyclic) bond motifs is 1. The van der Waals surface area contributed by atoms with Crippen molar-refractivity contribution in [1.82, 2.24) is 10.3 Å². The molecule has 1 unspecified atom stereocenters. The molecular weight excluding hydrogens is 252 g/mol. The molecule has 0 amide bonds. The summed E-state index contributed by atoms with van der Waals surface area (Å²) < 4.78 is 0. The van der Waals surface area contributed by atoms with Gasteiger partial charge in [0.2, 0.25) is 0 Å². The van der Waals surface area contributed by atoms with Crippen LogP contribution in [0, 0.1) is 0 Å². The van der Waals surface area contributed by atoms with Gasteiger partial charge in [-0.05, 0) is 31.4 Å². The lowest BCUT2D eigenvalue weighted by molar-refractivity contribution is 0.610. The predicted molar refractivity (Wildman–Crippen MR) is 85.9 cm³/mol. The van der Waals surface area contributed by atoms with Crippen LogP contribution in [-0.2, 0) is 6.42 Å².